The summed E-state index contributed by atoms with van der Waals surface area (Å²) in [5.41, 5.74) is -0.642. The standard InChI is InChI=1S/C12H12F2N2O2/c1-3-9(4-2)15-10-6-5-8(12(13)14)7-11(10)16(17)18/h1,5-7,9,12,15H,4H2,2H3. The highest BCUT2D eigenvalue weighted by molar-refractivity contribution is 5.63. The van der Waals surface area contributed by atoms with Gasteiger partial charge in [0, 0.05) is 11.6 Å². The van der Waals surface area contributed by atoms with E-state index in [1.807, 2.05) is 6.92 Å². The van der Waals surface area contributed by atoms with Gasteiger partial charge in [0.25, 0.3) is 12.1 Å². The Labute approximate surface area is 103 Å². The van der Waals surface area contributed by atoms with E-state index in [1.165, 1.54) is 6.07 Å². The molecule has 0 spiro atoms. The maximum atomic E-state index is 12.5. The molecule has 1 N–H and O–H groups in total. The molecule has 0 heterocycles. The number of benzene rings is 1. The topological polar surface area (TPSA) is 55.2 Å². The van der Waals surface area contributed by atoms with Crippen LogP contribution in [-0.4, -0.2) is 11.0 Å². The van der Waals surface area contributed by atoms with Crippen LogP contribution in [-0.2, 0) is 0 Å². The van der Waals surface area contributed by atoms with Crippen molar-refractivity contribution in [3.8, 4) is 12.3 Å². The highest BCUT2D eigenvalue weighted by Gasteiger charge is 2.19. The maximum Gasteiger partial charge on any atom is 0.292 e. The van der Waals surface area contributed by atoms with E-state index in [-0.39, 0.29) is 17.3 Å². The van der Waals surface area contributed by atoms with E-state index in [0.717, 1.165) is 12.1 Å². The first-order chi connectivity index (χ1) is 8.49. The van der Waals surface area contributed by atoms with Crippen LogP contribution in [0.4, 0.5) is 20.2 Å². The van der Waals surface area contributed by atoms with Crippen LogP contribution in [0.25, 0.3) is 0 Å². The summed E-state index contributed by atoms with van der Waals surface area (Å²) in [5.74, 6) is 2.42. The number of nitrogens with one attached hydrogen (secondary N) is 1. The number of nitro groups is 1. The fraction of sp³-hybridized carbons (Fsp3) is 0.333. The minimum absolute atomic E-state index is 0.147. The molecular weight excluding hydrogens is 242 g/mol. The number of nitro benzene ring substituents is 1. The molecule has 1 aromatic rings. The smallest absolute Gasteiger partial charge is 0.292 e. The van der Waals surface area contributed by atoms with E-state index in [2.05, 4.69) is 11.2 Å². The third kappa shape index (κ3) is 3.17. The second kappa shape index (κ2) is 5.96. The number of hydrogen-bond acceptors (Lipinski definition) is 3. The quantitative estimate of drug-likeness (QED) is 0.498. The van der Waals surface area contributed by atoms with E-state index in [9.17, 15) is 18.9 Å². The largest absolute Gasteiger partial charge is 0.366 e. The van der Waals surface area contributed by atoms with Crippen LogP contribution in [0.5, 0.6) is 0 Å². The van der Waals surface area contributed by atoms with Crippen LogP contribution in [0.2, 0.25) is 0 Å². The van der Waals surface area contributed by atoms with Gasteiger partial charge in [-0.05, 0) is 12.5 Å². The molecule has 0 aliphatic carbocycles. The normalized spacial score (nSPS) is 11.9. The van der Waals surface area contributed by atoms with E-state index >= 15 is 0 Å². The predicted octanol–water partition coefficient (Wildman–Crippen LogP) is 3.36. The van der Waals surface area contributed by atoms with Crippen LogP contribution in [0.1, 0.15) is 25.3 Å². The number of rotatable bonds is 5. The SMILES string of the molecule is C#CC(CC)Nc1ccc(C(F)F)cc1[N+](=O)[O-]. The first-order valence-corrected chi connectivity index (χ1v) is 5.28. The molecule has 1 unspecified atom stereocenters. The molecule has 0 saturated heterocycles. The van der Waals surface area contributed by atoms with Gasteiger partial charge in [-0.3, -0.25) is 10.1 Å². The Bertz CT molecular complexity index is 483. The van der Waals surface area contributed by atoms with Gasteiger partial charge in [0.1, 0.15) is 5.69 Å². The molecule has 6 heteroatoms. The van der Waals surface area contributed by atoms with Gasteiger partial charge >= 0.3 is 0 Å². The van der Waals surface area contributed by atoms with Gasteiger partial charge < -0.3 is 5.32 Å². The molecule has 1 aromatic carbocycles. The van der Waals surface area contributed by atoms with Crippen molar-refractivity contribution < 1.29 is 13.7 Å². The summed E-state index contributed by atoms with van der Waals surface area (Å²) in [6, 6.07) is 2.88. The highest BCUT2D eigenvalue weighted by atomic mass is 19.3. The zero-order valence-electron chi connectivity index (χ0n) is 9.69. The average Bonchev–Trinajstić information content (AvgIpc) is 2.35. The number of nitrogens with zero attached hydrogens (tertiary/aromatic N) is 1. The Morgan fingerprint density at radius 1 is 1.56 bits per heavy atom. The third-order valence-corrected chi connectivity index (χ3v) is 2.41. The molecule has 0 aliphatic rings. The summed E-state index contributed by atoms with van der Waals surface area (Å²) in [7, 11) is 0. The lowest BCUT2D eigenvalue weighted by atomic mass is 10.1. The van der Waals surface area contributed by atoms with E-state index in [4.69, 9.17) is 6.42 Å². The molecule has 0 aromatic heterocycles. The lowest BCUT2D eigenvalue weighted by Crippen LogP contribution is -2.16. The molecule has 0 aliphatic heterocycles. The van der Waals surface area contributed by atoms with Crippen molar-refractivity contribution in [2.75, 3.05) is 5.32 Å². The van der Waals surface area contributed by atoms with Crippen molar-refractivity contribution in [3.63, 3.8) is 0 Å². The van der Waals surface area contributed by atoms with Gasteiger partial charge in [-0.15, -0.1) is 6.42 Å². The molecule has 0 bridgehead atoms. The molecule has 0 fully saturated rings. The highest BCUT2D eigenvalue weighted by Crippen LogP contribution is 2.30. The summed E-state index contributed by atoms with van der Waals surface area (Å²) in [6.45, 7) is 1.82. The fourth-order valence-corrected chi connectivity index (χ4v) is 1.41. The minimum Gasteiger partial charge on any atom is -0.366 e. The van der Waals surface area contributed by atoms with Crippen LogP contribution < -0.4 is 5.32 Å². The molecule has 0 saturated carbocycles. The number of anilines is 1. The van der Waals surface area contributed by atoms with Gasteiger partial charge in [-0.1, -0.05) is 18.9 Å². The maximum absolute atomic E-state index is 12.5. The number of terminal acetylenes is 1. The van der Waals surface area contributed by atoms with E-state index in [1.54, 1.807) is 0 Å². The van der Waals surface area contributed by atoms with Crippen molar-refractivity contribution in [2.24, 2.45) is 0 Å². The zero-order valence-corrected chi connectivity index (χ0v) is 9.69. The van der Waals surface area contributed by atoms with Crippen molar-refractivity contribution >= 4 is 11.4 Å². The summed E-state index contributed by atoms with van der Waals surface area (Å²) in [4.78, 5) is 10.1. The number of halogens is 2. The average molecular weight is 254 g/mol. The van der Waals surface area contributed by atoms with Gasteiger partial charge in [0.05, 0.1) is 11.0 Å². The van der Waals surface area contributed by atoms with Gasteiger partial charge in [-0.2, -0.15) is 0 Å². The first kappa shape index (κ1) is 13.9. The Balaban J connectivity index is 3.12. The van der Waals surface area contributed by atoms with Crippen molar-refractivity contribution in [3.05, 3.63) is 33.9 Å². The summed E-state index contributed by atoms with van der Waals surface area (Å²) in [6.07, 6.45) is 3.06. The summed E-state index contributed by atoms with van der Waals surface area (Å²) >= 11 is 0. The second-order valence-corrected chi connectivity index (χ2v) is 3.61. The first-order valence-electron chi connectivity index (χ1n) is 5.28. The number of alkyl halides is 2. The summed E-state index contributed by atoms with van der Waals surface area (Å²) < 4.78 is 24.9. The monoisotopic (exact) mass is 254 g/mol. The number of hydrogen-bond donors (Lipinski definition) is 1. The molecule has 1 rings (SSSR count). The van der Waals surface area contributed by atoms with Crippen molar-refractivity contribution in [1.29, 1.82) is 0 Å². The van der Waals surface area contributed by atoms with E-state index < -0.39 is 17.0 Å². The molecule has 0 amide bonds. The fourth-order valence-electron chi connectivity index (χ4n) is 1.41. The second-order valence-electron chi connectivity index (χ2n) is 3.61. The molecule has 96 valence electrons. The van der Waals surface area contributed by atoms with Crippen molar-refractivity contribution in [1.82, 2.24) is 0 Å². The predicted molar refractivity (Wildman–Crippen MR) is 64.6 cm³/mol. The van der Waals surface area contributed by atoms with E-state index in [0.29, 0.717) is 6.42 Å². The van der Waals surface area contributed by atoms with Gasteiger partial charge in [0.15, 0.2) is 0 Å². The van der Waals surface area contributed by atoms with Crippen LogP contribution >= 0.6 is 0 Å². The lowest BCUT2D eigenvalue weighted by Gasteiger charge is -2.13. The molecule has 4 nitrogen and oxygen atoms in total. The van der Waals surface area contributed by atoms with Crippen LogP contribution in [0, 0.1) is 22.5 Å². The van der Waals surface area contributed by atoms with Gasteiger partial charge in [0.2, 0.25) is 0 Å². The Hall–Kier alpha value is -2.16. The van der Waals surface area contributed by atoms with Gasteiger partial charge in [-0.25, -0.2) is 8.78 Å². The van der Waals surface area contributed by atoms with Crippen LogP contribution in [0.15, 0.2) is 18.2 Å². The Morgan fingerprint density at radius 3 is 2.67 bits per heavy atom. The Morgan fingerprint density at radius 2 is 2.22 bits per heavy atom. The zero-order chi connectivity index (χ0) is 13.7. The minimum atomic E-state index is -2.74. The molecule has 0 radical (unpaired) electrons. The summed E-state index contributed by atoms with van der Waals surface area (Å²) in [5, 5.41) is 13.6. The molecule has 18 heavy (non-hydrogen) atoms. The Kier molecular flexibility index (Phi) is 4.60. The van der Waals surface area contributed by atoms with Crippen LogP contribution in [0.3, 0.4) is 0 Å². The van der Waals surface area contributed by atoms with Crippen molar-refractivity contribution in [2.45, 2.75) is 25.8 Å². The molecule has 1 atom stereocenters. The molecular formula is C12H12F2N2O2. The third-order valence-electron chi connectivity index (χ3n) is 2.41. The lowest BCUT2D eigenvalue weighted by molar-refractivity contribution is -0.384.